The molecule has 0 aliphatic heterocycles. The van der Waals surface area contributed by atoms with Crippen LogP contribution in [-0.4, -0.2) is 25.8 Å². The van der Waals surface area contributed by atoms with Gasteiger partial charge in [-0.3, -0.25) is 0 Å². The number of rotatable bonds is 5. The van der Waals surface area contributed by atoms with Crippen LogP contribution < -0.4 is 10.0 Å². The Labute approximate surface area is 153 Å². The zero-order valence-electron chi connectivity index (χ0n) is 15.4. The molecule has 0 saturated heterocycles. The molecule has 1 fully saturated rings. The predicted molar refractivity (Wildman–Crippen MR) is 97.5 cm³/mol. The van der Waals surface area contributed by atoms with E-state index in [1.807, 2.05) is 0 Å². The summed E-state index contributed by atoms with van der Waals surface area (Å²) in [5.41, 5.74) is 0.0211. The van der Waals surface area contributed by atoms with Crippen molar-refractivity contribution in [2.24, 2.45) is 5.92 Å². The van der Waals surface area contributed by atoms with Crippen molar-refractivity contribution < 1.29 is 21.6 Å². The lowest BCUT2D eigenvalue weighted by Crippen LogP contribution is -2.42. The summed E-state index contributed by atoms with van der Waals surface area (Å²) in [5, 5.41) is 3.27. The van der Waals surface area contributed by atoms with Crippen molar-refractivity contribution in [2.75, 3.05) is 11.9 Å². The standard InChI is InChI=1S/C18H27F3N2O2S/c1-17(2,3)26(24,25)22-12-13-4-8-15(9-5-13)23-16-10-6-14(7-11-16)18(19,20)21/h6-7,10-11,13,15,22-23H,4-5,8-9,12H2,1-3H3. The number of hydrogen-bond acceptors (Lipinski definition) is 3. The summed E-state index contributed by atoms with van der Waals surface area (Å²) in [4.78, 5) is 0. The van der Waals surface area contributed by atoms with Crippen molar-refractivity contribution in [3.63, 3.8) is 0 Å². The second-order valence-corrected chi connectivity index (χ2v) is 10.4. The van der Waals surface area contributed by atoms with Crippen molar-refractivity contribution in [1.29, 1.82) is 0 Å². The second kappa shape index (κ2) is 7.76. The number of nitrogens with one attached hydrogen (secondary N) is 2. The summed E-state index contributed by atoms with van der Waals surface area (Å²) in [6, 6.07) is 5.26. The van der Waals surface area contributed by atoms with Gasteiger partial charge in [-0.15, -0.1) is 0 Å². The van der Waals surface area contributed by atoms with Gasteiger partial charge in [0.1, 0.15) is 0 Å². The van der Waals surface area contributed by atoms with E-state index in [1.54, 1.807) is 20.8 Å². The molecule has 26 heavy (non-hydrogen) atoms. The molecule has 1 aliphatic carbocycles. The molecule has 8 heteroatoms. The summed E-state index contributed by atoms with van der Waals surface area (Å²) >= 11 is 0. The third-order valence-electron chi connectivity index (χ3n) is 4.80. The molecular formula is C18H27F3N2O2S. The third kappa shape index (κ3) is 5.61. The van der Waals surface area contributed by atoms with E-state index in [9.17, 15) is 21.6 Å². The SMILES string of the molecule is CC(C)(C)S(=O)(=O)NCC1CCC(Nc2ccc(C(F)(F)F)cc2)CC1. The maximum atomic E-state index is 12.6. The highest BCUT2D eigenvalue weighted by atomic mass is 32.2. The summed E-state index contributed by atoms with van der Waals surface area (Å²) < 4.78 is 63.8. The molecule has 1 saturated carbocycles. The van der Waals surface area contributed by atoms with Gasteiger partial charge in [-0.2, -0.15) is 13.2 Å². The molecular weight excluding hydrogens is 365 g/mol. The van der Waals surface area contributed by atoms with E-state index < -0.39 is 26.5 Å². The molecule has 1 aromatic rings. The third-order valence-corrected chi connectivity index (χ3v) is 6.96. The first kappa shape index (κ1) is 21.0. The molecule has 1 aliphatic rings. The Bertz CT molecular complexity index is 687. The normalized spacial score (nSPS) is 22.2. The van der Waals surface area contributed by atoms with Crippen LogP contribution in [0.3, 0.4) is 0 Å². The van der Waals surface area contributed by atoms with E-state index in [1.165, 1.54) is 12.1 Å². The molecule has 0 spiro atoms. The van der Waals surface area contributed by atoms with Gasteiger partial charge in [0.05, 0.1) is 10.3 Å². The first-order valence-electron chi connectivity index (χ1n) is 8.81. The highest BCUT2D eigenvalue weighted by molar-refractivity contribution is 7.90. The van der Waals surface area contributed by atoms with Crippen LogP contribution in [0, 0.1) is 5.92 Å². The summed E-state index contributed by atoms with van der Waals surface area (Å²) in [7, 11) is -3.33. The summed E-state index contributed by atoms with van der Waals surface area (Å²) in [5.74, 6) is 0.290. The maximum Gasteiger partial charge on any atom is 0.416 e. The zero-order chi connectivity index (χ0) is 19.6. The van der Waals surface area contributed by atoms with Crippen LogP contribution in [-0.2, 0) is 16.2 Å². The molecule has 2 N–H and O–H groups in total. The summed E-state index contributed by atoms with van der Waals surface area (Å²) in [6.07, 6.45) is -0.835. The number of hydrogen-bond donors (Lipinski definition) is 2. The van der Waals surface area contributed by atoms with Crippen LogP contribution >= 0.6 is 0 Å². The van der Waals surface area contributed by atoms with E-state index in [0.29, 0.717) is 12.2 Å². The molecule has 4 nitrogen and oxygen atoms in total. The number of alkyl halides is 3. The second-order valence-electron chi connectivity index (χ2n) is 7.90. The highest BCUT2D eigenvalue weighted by Crippen LogP contribution is 2.31. The minimum absolute atomic E-state index is 0.196. The Morgan fingerprint density at radius 1 is 1.00 bits per heavy atom. The Hall–Kier alpha value is -1.28. The minimum Gasteiger partial charge on any atom is -0.382 e. The minimum atomic E-state index is -4.32. The van der Waals surface area contributed by atoms with Crippen LogP contribution in [0.4, 0.5) is 18.9 Å². The maximum absolute atomic E-state index is 12.6. The van der Waals surface area contributed by atoms with E-state index in [4.69, 9.17) is 0 Å². The first-order chi connectivity index (χ1) is 11.9. The molecule has 0 heterocycles. The van der Waals surface area contributed by atoms with Gasteiger partial charge >= 0.3 is 6.18 Å². The van der Waals surface area contributed by atoms with Gasteiger partial charge in [0, 0.05) is 18.3 Å². The molecule has 0 atom stereocenters. The van der Waals surface area contributed by atoms with E-state index in [2.05, 4.69) is 10.0 Å². The van der Waals surface area contributed by atoms with Crippen LogP contribution in [0.25, 0.3) is 0 Å². The van der Waals surface area contributed by atoms with E-state index >= 15 is 0 Å². The van der Waals surface area contributed by atoms with Gasteiger partial charge in [0.2, 0.25) is 10.0 Å². The van der Waals surface area contributed by atoms with Crippen LogP contribution in [0.2, 0.25) is 0 Å². The molecule has 0 aromatic heterocycles. The Morgan fingerprint density at radius 3 is 2.00 bits per heavy atom. The number of halogens is 3. The topological polar surface area (TPSA) is 58.2 Å². The van der Waals surface area contributed by atoms with Crippen molar-refractivity contribution >= 4 is 15.7 Å². The van der Waals surface area contributed by atoms with E-state index in [0.717, 1.165) is 37.8 Å². The fourth-order valence-electron chi connectivity index (χ4n) is 2.95. The largest absolute Gasteiger partial charge is 0.416 e. The van der Waals surface area contributed by atoms with Gasteiger partial charge in [-0.25, -0.2) is 13.1 Å². The van der Waals surface area contributed by atoms with Crippen LogP contribution in [0.15, 0.2) is 24.3 Å². The number of benzene rings is 1. The summed E-state index contributed by atoms with van der Waals surface area (Å²) in [6.45, 7) is 5.44. The van der Waals surface area contributed by atoms with Gasteiger partial charge in [0.15, 0.2) is 0 Å². The molecule has 2 rings (SSSR count). The molecule has 0 amide bonds. The molecule has 148 valence electrons. The fraction of sp³-hybridized carbons (Fsp3) is 0.667. The molecule has 1 aromatic carbocycles. The van der Waals surface area contributed by atoms with Crippen molar-refractivity contribution in [3.8, 4) is 0 Å². The molecule has 0 bridgehead atoms. The molecule has 0 unspecified atom stereocenters. The highest BCUT2D eigenvalue weighted by Gasteiger charge is 2.31. The first-order valence-corrected chi connectivity index (χ1v) is 10.3. The average Bonchev–Trinajstić information content (AvgIpc) is 2.53. The van der Waals surface area contributed by atoms with Crippen LogP contribution in [0.1, 0.15) is 52.0 Å². The van der Waals surface area contributed by atoms with Crippen molar-refractivity contribution in [2.45, 2.75) is 63.4 Å². The average molecular weight is 392 g/mol. The lowest BCUT2D eigenvalue weighted by Gasteiger charge is -2.30. The van der Waals surface area contributed by atoms with Gasteiger partial charge < -0.3 is 5.32 Å². The monoisotopic (exact) mass is 392 g/mol. The van der Waals surface area contributed by atoms with Gasteiger partial charge in [-0.05, 0) is 76.6 Å². The van der Waals surface area contributed by atoms with Gasteiger partial charge in [-0.1, -0.05) is 0 Å². The Balaban J connectivity index is 1.80. The lowest BCUT2D eigenvalue weighted by molar-refractivity contribution is -0.137. The Kier molecular flexibility index (Phi) is 6.28. The smallest absolute Gasteiger partial charge is 0.382 e. The quantitative estimate of drug-likeness (QED) is 0.781. The zero-order valence-corrected chi connectivity index (χ0v) is 16.2. The lowest BCUT2D eigenvalue weighted by atomic mass is 9.86. The fourth-order valence-corrected chi connectivity index (χ4v) is 3.83. The van der Waals surface area contributed by atoms with Crippen LogP contribution in [0.5, 0.6) is 0 Å². The van der Waals surface area contributed by atoms with Crippen molar-refractivity contribution in [3.05, 3.63) is 29.8 Å². The van der Waals surface area contributed by atoms with E-state index in [-0.39, 0.29) is 12.0 Å². The predicted octanol–water partition coefficient (Wildman–Crippen LogP) is 4.39. The Morgan fingerprint density at radius 2 is 1.54 bits per heavy atom. The molecule has 0 radical (unpaired) electrons. The van der Waals surface area contributed by atoms with Crippen molar-refractivity contribution in [1.82, 2.24) is 4.72 Å². The number of sulfonamides is 1. The van der Waals surface area contributed by atoms with Gasteiger partial charge in [0.25, 0.3) is 0 Å². The number of anilines is 1.